The topological polar surface area (TPSA) is 53.0 Å². The number of halogens is 2. The van der Waals surface area contributed by atoms with E-state index < -0.39 is 0 Å². The van der Waals surface area contributed by atoms with Crippen molar-refractivity contribution in [3.63, 3.8) is 0 Å². The molecule has 2 fully saturated rings. The normalized spacial score (nSPS) is 29.1. The number of nitrogens with two attached hydrogens (primary N) is 1. The molecule has 0 amide bonds. The fraction of sp³-hybridized carbons (Fsp3) is 0.533. The number of anilines is 1. The molecular weight excluding hydrogens is 321 g/mol. The summed E-state index contributed by atoms with van der Waals surface area (Å²) in [4.78, 5) is 2.11. The standard InChI is InChI=1S/C15H17BrFN3/c16-14-9(6-18)2-4-13(15(14)17)20-7-10-1-3-12(19)5-11(10)8-20/h2,4,10-12H,1,3,5,7-8,19H2/t10-,11+,12?/m1/s1. The second-order valence-corrected chi connectivity index (χ2v) is 6.66. The molecule has 5 heteroatoms. The molecule has 1 aliphatic carbocycles. The number of benzene rings is 1. The first-order valence-electron chi connectivity index (χ1n) is 6.98. The molecule has 2 aliphatic rings. The van der Waals surface area contributed by atoms with Crippen molar-refractivity contribution in [2.75, 3.05) is 18.0 Å². The molecule has 0 spiro atoms. The largest absolute Gasteiger partial charge is 0.369 e. The molecule has 0 aromatic heterocycles. The minimum atomic E-state index is -0.327. The van der Waals surface area contributed by atoms with Gasteiger partial charge >= 0.3 is 0 Å². The fourth-order valence-corrected chi connectivity index (χ4v) is 3.96. The Labute approximate surface area is 126 Å². The van der Waals surface area contributed by atoms with E-state index in [4.69, 9.17) is 11.0 Å². The maximum Gasteiger partial charge on any atom is 0.161 e. The Morgan fingerprint density at radius 1 is 1.30 bits per heavy atom. The van der Waals surface area contributed by atoms with Crippen LogP contribution in [-0.2, 0) is 0 Å². The number of nitrogens with zero attached hydrogens (tertiary/aromatic N) is 2. The van der Waals surface area contributed by atoms with Gasteiger partial charge in [0.1, 0.15) is 6.07 Å². The number of nitriles is 1. The van der Waals surface area contributed by atoms with E-state index in [1.54, 1.807) is 12.1 Å². The van der Waals surface area contributed by atoms with Crippen LogP contribution in [0.3, 0.4) is 0 Å². The molecule has 1 aromatic carbocycles. The van der Waals surface area contributed by atoms with E-state index in [-0.39, 0.29) is 10.3 Å². The summed E-state index contributed by atoms with van der Waals surface area (Å²) in [7, 11) is 0. The molecule has 20 heavy (non-hydrogen) atoms. The Morgan fingerprint density at radius 2 is 2.05 bits per heavy atom. The van der Waals surface area contributed by atoms with Crippen LogP contribution in [-0.4, -0.2) is 19.1 Å². The van der Waals surface area contributed by atoms with Gasteiger partial charge in [0.15, 0.2) is 5.82 Å². The van der Waals surface area contributed by atoms with Crippen molar-refractivity contribution in [3.05, 3.63) is 28.0 Å². The molecule has 2 N–H and O–H groups in total. The third-order valence-electron chi connectivity index (χ3n) is 4.61. The van der Waals surface area contributed by atoms with E-state index in [9.17, 15) is 4.39 Å². The van der Waals surface area contributed by atoms with Crippen molar-refractivity contribution in [1.82, 2.24) is 0 Å². The molecule has 0 radical (unpaired) electrons. The first kappa shape index (κ1) is 13.8. The van der Waals surface area contributed by atoms with Crippen molar-refractivity contribution in [3.8, 4) is 6.07 Å². The van der Waals surface area contributed by atoms with Gasteiger partial charge in [-0.2, -0.15) is 5.26 Å². The van der Waals surface area contributed by atoms with Crippen molar-refractivity contribution in [1.29, 1.82) is 5.26 Å². The van der Waals surface area contributed by atoms with Gasteiger partial charge in [-0.05, 0) is 59.2 Å². The molecule has 0 bridgehead atoms. The second kappa shape index (κ2) is 5.34. The summed E-state index contributed by atoms with van der Waals surface area (Å²) in [5.74, 6) is 0.878. The number of hydrogen-bond acceptors (Lipinski definition) is 3. The Hall–Kier alpha value is -1.12. The molecule has 1 heterocycles. The molecule has 3 rings (SSSR count). The van der Waals surface area contributed by atoms with Gasteiger partial charge < -0.3 is 10.6 Å². The highest BCUT2D eigenvalue weighted by molar-refractivity contribution is 9.10. The van der Waals surface area contributed by atoms with E-state index in [1.165, 1.54) is 0 Å². The lowest BCUT2D eigenvalue weighted by Gasteiger charge is -2.27. The Morgan fingerprint density at radius 3 is 2.80 bits per heavy atom. The van der Waals surface area contributed by atoms with Gasteiger partial charge in [0.2, 0.25) is 0 Å². The van der Waals surface area contributed by atoms with Gasteiger partial charge in [0.05, 0.1) is 15.7 Å². The molecule has 1 aromatic rings. The summed E-state index contributed by atoms with van der Waals surface area (Å²) in [6, 6.07) is 5.68. The zero-order valence-electron chi connectivity index (χ0n) is 11.1. The number of rotatable bonds is 1. The summed E-state index contributed by atoms with van der Waals surface area (Å²) in [6.07, 6.45) is 3.26. The maximum atomic E-state index is 14.4. The van der Waals surface area contributed by atoms with Crippen molar-refractivity contribution in [2.45, 2.75) is 25.3 Å². The quantitative estimate of drug-likeness (QED) is 0.856. The Kier molecular flexibility index (Phi) is 3.70. The second-order valence-electron chi connectivity index (χ2n) is 5.87. The van der Waals surface area contributed by atoms with Crippen LogP contribution in [0.1, 0.15) is 24.8 Å². The first-order valence-corrected chi connectivity index (χ1v) is 7.78. The minimum Gasteiger partial charge on any atom is -0.369 e. The highest BCUT2D eigenvalue weighted by atomic mass is 79.9. The predicted octanol–water partition coefficient (Wildman–Crippen LogP) is 3.02. The molecule has 1 aliphatic heterocycles. The molecule has 3 nitrogen and oxygen atoms in total. The Bertz CT molecular complexity index is 569. The average Bonchev–Trinajstić information content (AvgIpc) is 2.84. The lowest BCUT2D eigenvalue weighted by Crippen LogP contribution is -2.32. The monoisotopic (exact) mass is 337 g/mol. The fourth-order valence-electron chi connectivity index (χ4n) is 3.53. The summed E-state index contributed by atoms with van der Waals surface area (Å²) in [6.45, 7) is 1.76. The SMILES string of the molecule is N#Cc1ccc(N2C[C@H]3CCC(N)C[C@H]3C2)c(F)c1Br. The molecule has 1 saturated carbocycles. The first-order chi connectivity index (χ1) is 9.60. The summed E-state index contributed by atoms with van der Waals surface area (Å²) >= 11 is 3.18. The summed E-state index contributed by atoms with van der Waals surface area (Å²) in [5.41, 5.74) is 6.96. The molecule has 3 atom stereocenters. The highest BCUT2D eigenvalue weighted by Crippen LogP contribution is 2.39. The summed E-state index contributed by atoms with van der Waals surface area (Å²) in [5, 5.41) is 8.92. The van der Waals surface area contributed by atoms with Crippen LogP contribution in [0.5, 0.6) is 0 Å². The van der Waals surface area contributed by atoms with Crippen LogP contribution in [0.15, 0.2) is 16.6 Å². The van der Waals surface area contributed by atoms with Gasteiger partial charge in [-0.15, -0.1) is 0 Å². The van der Waals surface area contributed by atoms with Crippen LogP contribution in [0.25, 0.3) is 0 Å². The van der Waals surface area contributed by atoms with Crippen LogP contribution in [0.2, 0.25) is 0 Å². The van der Waals surface area contributed by atoms with Gasteiger partial charge in [-0.3, -0.25) is 0 Å². The van der Waals surface area contributed by atoms with E-state index in [1.807, 2.05) is 6.07 Å². The highest BCUT2D eigenvalue weighted by Gasteiger charge is 2.37. The molecule has 1 unspecified atom stereocenters. The molecule has 1 saturated heterocycles. The van der Waals surface area contributed by atoms with Gasteiger partial charge in [-0.1, -0.05) is 0 Å². The van der Waals surface area contributed by atoms with Crippen molar-refractivity contribution in [2.24, 2.45) is 17.6 Å². The minimum absolute atomic E-state index is 0.268. The summed E-state index contributed by atoms with van der Waals surface area (Å²) < 4.78 is 14.7. The third-order valence-corrected chi connectivity index (χ3v) is 5.39. The molecular formula is C15H17BrFN3. The average molecular weight is 338 g/mol. The van der Waals surface area contributed by atoms with Crippen molar-refractivity contribution >= 4 is 21.6 Å². The van der Waals surface area contributed by atoms with Crippen molar-refractivity contribution < 1.29 is 4.39 Å². The van der Waals surface area contributed by atoms with Crippen LogP contribution in [0, 0.1) is 29.0 Å². The third kappa shape index (κ3) is 2.32. The lowest BCUT2D eigenvalue weighted by molar-refractivity contribution is 0.271. The van der Waals surface area contributed by atoms with Gasteiger partial charge in [-0.25, -0.2) is 4.39 Å². The van der Waals surface area contributed by atoms with Crippen LogP contribution in [0.4, 0.5) is 10.1 Å². The smallest absolute Gasteiger partial charge is 0.161 e. The lowest BCUT2D eigenvalue weighted by atomic mass is 9.79. The zero-order valence-corrected chi connectivity index (χ0v) is 12.7. The predicted molar refractivity (Wildman–Crippen MR) is 79.8 cm³/mol. The van der Waals surface area contributed by atoms with Crippen LogP contribution < -0.4 is 10.6 Å². The van der Waals surface area contributed by atoms with E-state index in [0.717, 1.165) is 32.4 Å². The van der Waals surface area contributed by atoms with Gasteiger partial charge in [0, 0.05) is 19.1 Å². The Balaban J connectivity index is 1.85. The number of fused-ring (bicyclic) bond motifs is 1. The maximum absolute atomic E-state index is 14.4. The van der Waals surface area contributed by atoms with Crippen LogP contribution >= 0.6 is 15.9 Å². The molecule has 106 valence electrons. The van der Waals surface area contributed by atoms with Gasteiger partial charge in [0.25, 0.3) is 0 Å². The number of hydrogen-bond donors (Lipinski definition) is 1. The van der Waals surface area contributed by atoms with E-state index in [2.05, 4.69) is 20.8 Å². The van der Waals surface area contributed by atoms with E-state index in [0.29, 0.717) is 29.1 Å². The zero-order chi connectivity index (χ0) is 14.3. The van der Waals surface area contributed by atoms with E-state index >= 15 is 0 Å².